The van der Waals surface area contributed by atoms with Gasteiger partial charge in [-0.3, -0.25) is 0 Å². The molecule has 2 N–H and O–H groups in total. The number of methoxy groups -OCH3 is 1. The highest BCUT2D eigenvalue weighted by molar-refractivity contribution is 14.0. The Hall–Kier alpha value is -2.89. The summed E-state index contributed by atoms with van der Waals surface area (Å²) in [6.45, 7) is 0.394. The van der Waals surface area contributed by atoms with Crippen molar-refractivity contribution < 1.29 is 18.3 Å². The second-order valence-corrected chi connectivity index (χ2v) is 6.52. The highest BCUT2D eigenvalue weighted by Crippen LogP contribution is 2.25. The lowest BCUT2D eigenvalue weighted by molar-refractivity contribution is -0.0504. The van der Waals surface area contributed by atoms with Crippen LogP contribution in [0.5, 0.6) is 11.5 Å². The first-order valence-electron chi connectivity index (χ1n) is 9.82. The van der Waals surface area contributed by atoms with Gasteiger partial charge in [-0.1, -0.05) is 12.1 Å². The van der Waals surface area contributed by atoms with E-state index in [0.717, 1.165) is 11.3 Å². The molecule has 0 bridgehead atoms. The van der Waals surface area contributed by atoms with Gasteiger partial charge in [0, 0.05) is 31.0 Å². The highest BCUT2D eigenvalue weighted by atomic mass is 127. The molecule has 0 radical (unpaired) electrons. The first kappa shape index (κ1) is 25.4. The van der Waals surface area contributed by atoms with E-state index in [4.69, 9.17) is 4.74 Å². The van der Waals surface area contributed by atoms with Crippen molar-refractivity contribution in [2.75, 3.05) is 13.7 Å². The molecule has 172 valence electrons. The lowest BCUT2D eigenvalue weighted by Crippen LogP contribution is -2.36. The summed E-state index contributed by atoms with van der Waals surface area (Å²) < 4.78 is 37.0. The van der Waals surface area contributed by atoms with Crippen LogP contribution < -0.4 is 20.1 Å². The maximum atomic E-state index is 12.7. The van der Waals surface area contributed by atoms with Gasteiger partial charge in [0.05, 0.1) is 19.3 Å². The van der Waals surface area contributed by atoms with Gasteiger partial charge < -0.3 is 20.1 Å². The fourth-order valence-electron chi connectivity index (χ4n) is 2.90. The Labute approximate surface area is 202 Å². The van der Waals surface area contributed by atoms with E-state index in [1.54, 1.807) is 23.0 Å². The third-order valence-electron chi connectivity index (χ3n) is 4.40. The van der Waals surface area contributed by atoms with Gasteiger partial charge in [0.15, 0.2) is 5.96 Å². The Balaban J connectivity index is 0.00000363. The monoisotopic (exact) mass is 557 g/mol. The molecule has 3 rings (SSSR count). The summed E-state index contributed by atoms with van der Waals surface area (Å²) in [6, 6.07) is 14.5. The van der Waals surface area contributed by atoms with Crippen LogP contribution in [0.4, 0.5) is 8.78 Å². The highest BCUT2D eigenvalue weighted by Gasteiger charge is 2.11. The molecule has 1 heterocycles. The fraction of sp³-hybridized carbons (Fsp3) is 0.273. The maximum Gasteiger partial charge on any atom is 0.387 e. The second kappa shape index (κ2) is 12.8. The molecule has 0 saturated carbocycles. The molecular weight excluding hydrogens is 531 g/mol. The maximum absolute atomic E-state index is 12.7. The summed E-state index contributed by atoms with van der Waals surface area (Å²) in [5.74, 6) is 1.20. The molecule has 7 nitrogen and oxygen atoms in total. The van der Waals surface area contributed by atoms with E-state index in [1.807, 2.05) is 43.5 Å². The van der Waals surface area contributed by atoms with Crippen molar-refractivity contribution >= 4 is 29.9 Å². The number of nitrogens with one attached hydrogen (secondary N) is 2. The van der Waals surface area contributed by atoms with Gasteiger partial charge in [-0.25, -0.2) is 9.67 Å². The summed E-state index contributed by atoms with van der Waals surface area (Å²) in [4.78, 5) is 4.58. The van der Waals surface area contributed by atoms with Gasteiger partial charge in [-0.2, -0.15) is 13.9 Å². The number of nitrogens with zero attached hydrogens (tertiary/aromatic N) is 3. The zero-order valence-corrected chi connectivity index (χ0v) is 20.1. The number of benzene rings is 2. The summed E-state index contributed by atoms with van der Waals surface area (Å²) >= 11 is 0. The zero-order valence-electron chi connectivity index (χ0n) is 17.8. The molecule has 0 aliphatic heterocycles. The predicted octanol–water partition coefficient (Wildman–Crippen LogP) is 4.36. The Morgan fingerprint density at radius 1 is 1.16 bits per heavy atom. The van der Waals surface area contributed by atoms with Crippen LogP contribution >= 0.6 is 24.0 Å². The molecule has 0 unspecified atom stereocenters. The largest absolute Gasteiger partial charge is 0.497 e. The SMILES string of the molecule is CCNC(=NCc1ccc(-n2cccn2)cc1)NCc1cc(OC)ccc1OC(F)F.I. The number of rotatable bonds is 9. The van der Waals surface area contributed by atoms with E-state index in [0.29, 0.717) is 30.4 Å². The van der Waals surface area contributed by atoms with Crippen LogP contribution in [0.3, 0.4) is 0 Å². The van der Waals surface area contributed by atoms with Crippen LogP contribution in [-0.4, -0.2) is 36.0 Å². The average molecular weight is 557 g/mol. The minimum Gasteiger partial charge on any atom is -0.497 e. The first-order chi connectivity index (χ1) is 15.1. The van der Waals surface area contributed by atoms with E-state index in [-0.39, 0.29) is 36.3 Å². The molecule has 0 spiro atoms. The minimum atomic E-state index is -2.90. The molecule has 0 saturated heterocycles. The van der Waals surface area contributed by atoms with Crippen molar-refractivity contribution in [1.82, 2.24) is 20.4 Å². The van der Waals surface area contributed by atoms with Crippen molar-refractivity contribution in [2.45, 2.75) is 26.6 Å². The summed E-state index contributed by atoms with van der Waals surface area (Å²) in [5, 5.41) is 10.5. The standard InChI is InChI=1S/C22H25F2N5O2.HI/c1-3-25-22(26-14-16-5-7-18(8-6-16)29-12-4-11-28-29)27-15-17-13-19(30-2)9-10-20(17)31-21(23)24;/h4-13,21H,3,14-15H2,1-2H3,(H2,25,26,27);1H. The Morgan fingerprint density at radius 3 is 2.56 bits per heavy atom. The molecule has 0 amide bonds. The fourth-order valence-corrected chi connectivity index (χ4v) is 2.90. The smallest absolute Gasteiger partial charge is 0.387 e. The van der Waals surface area contributed by atoms with Crippen molar-refractivity contribution in [3.63, 3.8) is 0 Å². The number of hydrogen-bond donors (Lipinski definition) is 2. The molecule has 3 aromatic rings. The third kappa shape index (κ3) is 7.36. The lowest BCUT2D eigenvalue weighted by atomic mass is 10.2. The molecule has 2 aromatic carbocycles. The van der Waals surface area contributed by atoms with E-state index >= 15 is 0 Å². The van der Waals surface area contributed by atoms with E-state index in [9.17, 15) is 8.78 Å². The van der Waals surface area contributed by atoms with Crippen LogP contribution in [0.15, 0.2) is 65.9 Å². The van der Waals surface area contributed by atoms with Gasteiger partial charge in [-0.05, 0) is 48.9 Å². The van der Waals surface area contributed by atoms with Gasteiger partial charge >= 0.3 is 6.61 Å². The van der Waals surface area contributed by atoms with Crippen LogP contribution in [0.25, 0.3) is 5.69 Å². The van der Waals surface area contributed by atoms with Crippen molar-refractivity contribution in [3.05, 3.63) is 72.1 Å². The number of hydrogen-bond acceptors (Lipinski definition) is 4. The predicted molar refractivity (Wildman–Crippen MR) is 130 cm³/mol. The number of halogens is 3. The topological polar surface area (TPSA) is 72.7 Å². The van der Waals surface area contributed by atoms with Crippen molar-refractivity contribution in [1.29, 1.82) is 0 Å². The molecular formula is C22H26F2IN5O2. The number of alkyl halides is 2. The quantitative estimate of drug-likeness (QED) is 0.233. The molecule has 0 aliphatic rings. The third-order valence-corrected chi connectivity index (χ3v) is 4.40. The van der Waals surface area contributed by atoms with E-state index < -0.39 is 6.61 Å². The summed E-state index contributed by atoms with van der Waals surface area (Å²) in [6.07, 6.45) is 3.61. The van der Waals surface area contributed by atoms with Gasteiger partial charge in [0.25, 0.3) is 0 Å². The lowest BCUT2D eigenvalue weighted by Gasteiger charge is -2.15. The van der Waals surface area contributed by atoms with Gasteiger partial charge in [0.1, 0.15) is 11.5 Å². The number of aliphatic imine (C=N–C) groups is 1. The normalized spacial score (nSPS) is 11.1. The van der Waals surface area contributed by atoms with Gasteiger partial charge in [0.2, 0.25) is 0 Å². The molecule has 10 heteroatoms. The minimum absolute atomic E-state index is 0. The number of guanidine groups is 1. The molecule has 0 atom stereocenters. The Bertz CT molecular complexity index is 982. The van der Waals surface area contributed by atoms with Crippen LogP contribution in [0, 0.1) is 0 Å². The van der Waals surface area contributed by atoms with E-state index in [2.05, 4.69) is 25.5 Å². The van der Waals surface area contributed by atoms with Crippen LogP contribution in [-0.2, 0) is 13.1 Å². The second-order valence-electron chi connectivity index (χ2n) is 6.52. The summed E-state index contributed by atoms with van der Waals surface area (Å²) in [7, 11) is 1.52. The average Bonchev–Trinajstić information content (AvgIpc) is 3.31. The molecule has 0 fully saturated rings. The molecule has 1 aromatic heterocycles. The van der Waals surface area contributed by atoms with Crippen LogP contribution in [0.2, 0.25) is 0 Å². The van der Waals surface area contributed by atoms with Crippen molar-refractivity contribution in [3.8, 4) is 17.2 Å². The van der Waals surface area contributed by atoms with Gasteiger partial charge in [-0.15, -0.1) is 24.0 Å². The summed E-state index contributed by atoms with van der Waals surface area (Å²) in [5.41, 5.74) is 2.53. The first-order valence-corrected chi connectivity index (χ1v) is 9.82. The van der Waals surface area contributed by atoms with Crippen molar-refractivity contribution in [2.24, 2.45) is 4.99 Å². The Morgan fingerprint density at radius 2 is 1.94 bits per heavy atom. The Kier molecular flexibility index (Phi) is 10.2. The number of ether oxygens (including phenoxy) is 2. The van der Waals surface area contributed by atoms with Crippen LogP contribution in [0.1, 0.15) is 18.1 Å². The molecule has 0 aliphatic carbocycles. The molecule has 32 heavy (non-hydrogen) atoms. The zero-order chi connectivity index (χ0) is 22.1. The number of aromatic nitrogens is 2. The van der Waals surface area contributed by atoms with E-state index in [1.165, 1.54) is 13.2 Å².